The van der Waals surface area contributed by atoms with Gasteiger partial charge >= 0.3 is 12.0 Å². The Morgan fingerprint density at radius 1 is 1.00 bits per heavy atom. The summed E-state index contributed by atoms with van der Waals surface area (Å²) in [6.45, 7) is 1.27. The molecule has 0 fully saturated rings. The quantitative estimate of drug-likeness (QED) is 0.355. The SMILES string of the molecule is COc1cc2nc(OC(C)=O)nc(Nc3ccc(C(O)c4ccccc4)c(Cl)c3)c2cc1OC. The molecule has 4 rings (SSSR count). The van der Waals surface area contributed by atoms with Crippen molar-refractivity contribution in [3.8, 4) is 17.5 Å². The zero-order chi connectivity index (χ0) is 24.2. The van der Waals surface area contributed by atoms with Crippen molar-refractivity contribution in [2.75, 3.05) is 19.5 Å². The van der Waals surface area contributed by atoms with Crippen molar-refractivity contribution < 1.29 is 24.1 Å². The van der Waals surface area contributed by atoms with E-state index in [2.05, 4.69) is 15.3 Å². The first-order valence-electron chi connectivity index (χ1n) is 10.3. The molecule has 0 saturated heterocycles. The Balaban J connectivity index is 1.74. The fourth-order valence-electron chi connectivity index (χ4n) is 3.48. The van der Waals surface area contributed by atoms with Gasteiger partial charge in [-0.2, -0.15) is 9.97 Å². The van der Waals surface area contributed by atoms with Gasteiger partial charge in [0.15, 0.2) is 11.5 Å². The van der Waals surface area contributed by atoms with Crippen molar-refractivity contribution in [2.45, 2.75) is 13.0 Å². The van der Waals surface area contributed by atoms with E-state index >= 15 is 0 Å². The number of hydrogen-bond acceptors (Lipinski definition) is 8. The van der Waals surface area contributed by atoms with Gasteiger partial charge in [-0.15, -0.1) is 0 Å². The van der Waals surface area contributed by atoms with E-state index in [4.69, 9.17) is 25.8 Å². The number of methoxy groups -OCH3 is 2. The van der Waals surface area contributed by atoms with Gasteiger partial charge in [0.05, 0.1) is 19.7 Å². The normalized spacial score (nSPS) is 11.7. The van der Waals surface area contributed by atoms with Gasteiger partial charge in [-0.3, -0.25) is 4.79 Å². The van der Waals surface area contributed by atoms with Crippen LogP contribution in [0.2, 0.25) is 5.02 Å². The Bertz CT molecular complexity index is 1350. The summed E-state index contributed by atoms with van der Waals surface area (Å²) in [4.78, 5) is 20.1. The van der Waals surface area contributed by atoms with Crippen molar-refractivity contribution >= 4 is 40.0 Å². The highest BCUT2D eigenvalue weighted by Crippen LogP contribution is 2.37. The highest BCUT2D eigenvalue weighted by molar-refractivity contribution is 6.31. The van der Waals surface area contributed by atoms with Crippen molar-refractivity contribution in [1.82, 2.24) is 9.97 Å². The first-order valence-corrected chi connectivity index (χ1v) is 10.7. The lowest BCUT2D eigenvalue weighted by molar-refractivity contribution is -0.132. The third-order valence-corrected chi connectivity index (χ3v) is 5.42. The van der Waals surface area contributed by atoms with Crippen LogP contribution in [-0.2, 0) is 4.79 Å². The molecule has 1 aromatic heterocycles. The molecule has 174 valence electrons. The van der Waals surface area contributed by atoms with Gasteiger partial charge in [0, 0.05) is 34.6 Å². The van der Waals surface area contributed by atoms with Crippen LogP contribution in [0.25, 0.3) is 10.9 Å². The van der Waals surface area contributed by atoms with Gasteiger partial charge in [-0.1, -0.05) is 48.0 Å². The number of esters is 1. The summed E-state index contributed by atoms with van der Waals surface area (Å²) in [5.74, 6) is 0.777. The molecule has 4 aromatic rings. The van der Waals surface area contributed by atoms with E-state index in [1.807, 2.05) is 30.3 Å². The van der Waals surface area contributed by atoms with E-state index in [1.165, 1.54) is 21.1 Å². The second-order valence-electron chi connectivity index (χ2n) is 7.35. The van der Waals surface area contributed by atoms with Crippen LogP contribution >= 0.6 is 11.6 Å². The number of nitrogens with zero attached hydrogens (tertiary/aromatic N) is 2. The molecule has 0 aliphatic rings. The lowest BCUT2D eigenvalue weighted by atomic mass is 10.0. The molecule has 1 heterocycles. The molecule has 3 aromatic carbocycles. The maximum Gasteiger partial charge on any atom is 0.326 e. The number of anilines is 2. The third-order valence-electron chi connectivity index (χ3n) is 5.09. The molecule has 8 nitrogen and oxygen atoms in total. The van der Waals surface area contributed by atoms with E-state index < -0.39 is 12.1 Å². The Labute approximate surface area is 201 Å². The number of hydrogen-bond donors (Lipinski definition) is 2. The fraction of sp³-hybridized carbons (Fsp3) is 0.160. The van der Waals surface area contributed by atoms with Crippen LogP contribution in [0.4, 0.5) is 11.5 Å². The van der Waals surface area contributed by atoms with Crippen LogP contribution < -0.4 is 19.5 Å². The molecule has 0 saturated carbocycles. The summed E-state index contributed by atoms with van der Waals surface area (Å²) in [5, 5.41) is 14.9. The lowest BCUT2D eigenvalue weighted by Gasteiger charge is -2.16. The van der Waals surface area contributed by atoms with Gasteiger partial charge in [0.1, 0.15) is 11.9 Å². The van der Waals surface area contributed by atoms with Crippen LogP contribution in [0.15, 0.2) is 60.7 Å². The number of aliphatic hydroxyl groups excluding tert-OH is 1. The number of fused-ring (bicyclic) bond motifs is 1. The summed E-state index contributed by atoms with van der Waals surface area (Å²) >= 11 is 6.51. The minimum atomic E-state index is -0.866. The van der Waals surface area contributed by atoms with Crippen LogP contribution in [-0.4, -0.2) is 35.3 Å². The number of carbonyl (C=O) groups excluding carboxylic acids is 1. The Morgan fingerprint density at radius 2 is 1.71 bits per heavy atom. The molecular weight excluding hydrogens is 458 g/mol. The summed E-state index contributed by atoms with van der Waals surface area (Å²) in [5.41, 5.74) is 2.39. The molecule has 9 heteroatoms. The standard InChI is InChI=1S/C25H22ClN3O5/c1-14(30)34-25-28-20-13-22(33-3)21(32-2)12-18(20)24(29-25)27-16-9-10-17(19(26)11-16)23(31)15-7-5-4-6-8-15/h4-13,23,31H,1-3H3,(H,27,28,29). The highest BCUT2D eigenvalue weighted by atomic mass is 35.5. The zero-order valence-corrected chi connectivity index (χ0v) is 19.5. The number of ether oxygens (including phenoxy) is 3. The summed E-state index contributed by atoms with van der Waals surface area (Å²) in [6, 6.07) is 17.7. The highest BCUT2D eigenvalue weighted by Gasteiger charge is 2.17. The van der Waals surface area contributed by atoms with Crippen LogP contribution in [0.1, 0.15) is 24.2 Å². The smallest absolute Gasteiger partial charge is 0.326 e. The average Bonchev–Trinajstić information content (AvgIpc) is 2.83. The topological polar surface area (TPSA) is 103 Å². The van der Waals surface area contributed by atoms with Gasteiger partial charge < -0.3 is 24.6 Å². The Hall–Kier alpha value is -3.88. The fourth-order valence-corrected chi connectivity index (χ4v) is 3.77. The maximum atomic E-state index is 11.5. The van der Waals surface area contributed by atoms with Gasteiger partial charge in [-0.25, -0.2) is 0 Å². The predicted octanol–water partition coefficient (Wildman–Crippen LogP) is 5.05. The van der Waals surface area contributed by atoms with Crippen molar-refractivity contribution in [1.29, 1.82) is 0 Å². The molecule has 0 aliphatic carbocycles. The van der Waals surface area contributed by atoms with E-state index in [0.29, 0.717) is 44.5 Å². The second kappa shape index (κ2) is 9.94. The number of rotatable bonds is 7. The monoisotopic (exact) mass is 479 g/mol. The van der Waals surface area contributed by atoms with E-state index in [-0.39, 0.29) is 6.01 Å². The molecule has 0 spiro atoms. The van der Waals surface area contributed by atoms with Crippen molar-refractivity contribution in [2.24, 2.45) is 0 Å². The molecular formula is C25H22ClN3O5. The van der Waals surface area contributed by atoms with Crippen molar-refractivity contribution in [3.63, 3.8) is 0 Å². The average molecular weight is 480 g/mol. The number of aromatic nitrogens is 2. The molecule has 0 amide bonds. The molecule has 34 heavy (non-hydrogen) atoms. The number of aliphatic hydroxyl groups is 1. The summed E-state index contributed by atoms with van der Waals surface area (Å²) < 4.78 is 15.9. The van der Waals surface area contributed by atoms with Gasteiger partial charge in [0.2, 0.25) is 0 Å². The predicted molar refractivity (Wildman–Crippen MR) is 129 cm³/mol. The molecule has 2 N–H and O–H groups in total. The lowest BCUT2D eigenvalue weighted by Crippen LogP contribution is -2.07. The molecule has 0 aliphatic heterocycles. The Kier molecular flexibility index (Phi) is 6.81. The van der Waals surface area contributed by atoms with E-state index in [9.17, 15) is 9.90 Å². The van der Waals surface area contributed by atoms with Gasteiger partial charge in [0.25, 0.3) is 0 Å². The summed E-state index contributed by atoms with van der Waals surface area (Å²) in [7, 11) is 3.05. The zero-order valence-electron chi connectivity index (χ0n) is 18.7. The Morgan fingerprint density at radius 3 is 2.35 bits per heavy atom. The third kappa shape index (κ3) is 4.88. The largest absolute Gasteiger partial charge is 0.493 e. The molecule has 0 radical (unpaired) electrons. The molecule has 0 bridgehead atoms. The van der Waals surface area contributed by atoms with E-state index in [1.54, 1.807) is 30.3 Å². The summed E-state index contributed by atoms with van der Waals surface area (Å²) in [6.07, 6.45) is -0.866. The number of carbonyl (C=O) groups is 1. The minimum Gasteiger partial charge on any atom is -0.493 e. The number of benzene rings is 3. The first-order chi connectivity index (χ1) is 16.4. The number of nitrogens with one attached hydrogen (secondary N) is 1. The first kappa shape index (κ1) is 23.3. The van der Waals surface area contributed by atoms with Crippen LogP contribution in [0, 0.1) is 0 Å². The van der Waals surface area contributed by atoms with Crippen LogP contribution in [0.3, 0.4) is 0 Å². The number of halogens is 1. The molecule has 1 atom stereocenters. The molecule has 1 unspecified atom stereocenters. The van der Waals surface area contributed by atoms with E-state index in [0.717, 1.165) is 5.56 Å². The minimum absolute atomic E-state index is 0.114. The van der Waals surface area contributed by atoms with Crippen LogP contribution in [0.5, 0.6) is 17.5 Å². The second-order valence-corrected chi connectivity index (χ2v) is 7.75. The maximum absolute atomic E-state index is 11.5. The van der Waals surface area contributed by atoms with Crippen molar-refractivity contribution in [3.05, 3.63) is 76.8 Å². The van der Waals surface area contributed by atoms with Gasteiger partial charge in [-0.05, 0) is 23.8 Å².